The zero-order valence-electron chi connectivity index (χ0n) is 5.68. The second kappa shape index (κ2) is 4.12. The summed E-state index contributed by atoms with van der Waals surface area (Å²) in [4.78, 5) is 11.2. The molecule has 0 amide bonds. The van der Waals surface area contributed by atoms with Gasteiger partial charge in [-0.05, 0) is 51.5 Å². The Morgan fingerprint density at radius 1 is 1.50 bits per heavy atom. The van der Waals surface area contributed by atoms with E-state index in [9.17, 15) is 9.18 Å². The highest BCUT2D eigenvalue weighted by Crippen LogP contribution is 2.27. The van der Waals surface area contributed by atoms with Crippen molar-refractivity contribution < 1.29 is 9.18 Å². The summed E-state index contributed by atoms with van der Waals surface area (Å²) in [7, 11) is 6.24. The number of halogens is 3. The van der Waals surface area contributed by atoms with E-state index < -0.39 is 11.1 Å². The van der Waals surface area contributed by atoms with E-state index in [0.717, 1.165) is 17.0 Å². The molecule has 1 aromatic carbocycles. The van der Waals surface area contributed by atoms with Gasteiger partial charge in [-0.1, -0.05) is 0 Å². The summed E-state index contributed by atoms with van der Waals surface area (Å²) < 4.78 is 12.6. The number of benzene rings is 1. The summed E-state index contributed by atoms with van der Waals surface area (Å²) in [6.07, 6.45) is 0. The molecule has 0 radical (unpaired) electrons. The Balaban J connectivity index is 3.21. The lowest BCUT2D eigenvalue weighted by molar-refractivity contribution is 0.107. The van der Waals surface area contributed by atoms with Gasteiger partial charge in [0.15, 0.2) is 0 Å². The minimum atomic E-state index is -0.711. The van der Waals surface area contributed by atoms with Gasteiger partial charge in [0.1, 0.15) is 5.82 Å². The molecule has 0 saturated carbocycles. The van der Waals surface area contributed by atoms with E-state index in [1.165, 1.54) is 12.1 Å². The maximum atomic E-state index is 12.6. The van der Waals surface area contributed by atoms with Crippen LogP contribution in [0.15, 0.2) is 23.1 Å². The maximum Gasteiger partial charge on any atom is 0.253 e. The van der Waals surface area contributed by atoms with Crippen LogP contribution in [0.25, 0.3) is 0 Å². The van der Waals surface area contributed by atoms with Gasteiger partial charge in [-0.15, -0.1) is 0 Å². The summed E-state index contributed by atoms with van der Waals surface area (Å²) in [5.41, 5.74) is 0.0941. The van der Waals surface area contributed by atoms with Crippen molar-refractivity contribution in [3.05, 3.63) is 29.6 Å². The third kappa shape index (κ3) is 2.12. The van der Waals surface area contributed by atoms with Crippen LogP contribution in [-0.4, -0.2) is 5.24 Å². The van der Waals surface area contributed by atoms with Gasteiger partial charge in [-0.25, -0.2) is 4.39 Å². The van der Waals surface area contributed by atoms with Gasteiger partial charge in [-0.3, -0.25) is 4.79 Å². The van der Waals surface area contributed by atoms with Crippen LogP contribution in [0.5, 0.6) is 0 Å². The summed E-state index contributed by atoms with van der Waals surface area (Å²) >= 11 is 5.18. The van der Waals surface area contributed by atoms with Crippen molar-refractivity contribution in [2.75, 3.05) is 0 Å². The zero-order valence-corrected chi connectivity index (χ0v) is 8.01. The fourth-order valence-corrected chi connectivity index (χ4v) is 1.69. The molecule has 1 aromatic rings. The van der Waals surface area contributed by atoms with Crippen LogP contribution in [0.4, 0.5) is 4.39 Å². The van der Waals surface area contributed by atoms with E-state index in [1.807, 2.05) is 0 Å². The number of hydrogen-bond acceptors (Lipinski definition) is 2. The third-order valence-corrected chi connectivity index (χ3v) is 2.46. The highest BCUT2D eigenvalue weighted by molar-refractivity contribution is 8.21. The Morgan fingerprint density at radius 2 is 2.17 bits per heavy atom. The fraction of sp³-hybridized carbons (Fsp3) is 0. The van der Waals surface area contributed by atoms with Crippen LogP contribution >= 0.6 is 33.3 Å². The van der Waals surface area contributed by atoms with Crippen LogP contribution in [0, 0.1) is 5.82 Å². The third-order valence-electron chi connectivity index (χ3n) is 1.24. The Kier molecular flexibility index (Phi) is 3.38. The minimum absolute atomic E-state index is 0.0941. The van der Waals surface area contributed by atoms with Crippen molar-refractivity contribution in [2.45, 2.75) is 4.90 Å². The monoisotopic (exact) mass is 224 g/mol. The van der Waals surface area contributed by atoms with Crippen molar-refractivity contribution in [2.24, 2.45) is 0 Å². The van der Waals surface area contributed by atoms with Gasteiger partial charge >= 0.3 is 0 Å². The fourth-order valence-electron chi connectivity index (χ4n) is 0.723. The molecule has 0 fully saturated rings. The summed E-state index contributed by atoms with van der Waals surface area (Å²) in [6, 6.07) is 3.68. The Labute approximate surface area is 82.4 Å². The Hall–Kier alpha value is -0.250. The van der Waals surface area contributed by atoms with E-state index in [2.05, 4.69) is 0 Å². The first-order valence-electron chi connectivity index (χ1n) is 2.93. The van der Waals surface area contributed by atoms with Crippen LogP contribution in [0.2, 0.25) is 0 Å². The summed E-state index contributed by atoms with van der Waals surface area (Å²) in [5, 5.41) is -0.711. The molecule has 0 spiro atoms. The van der Waals surface area contributed by atoms with E-state index in [-0.39, 0.29) is 5.56 Å². The van der Waals surface area contributed by atoms with Gasteiger partial charge in [0.05, 0.1) is 5.56 Å². The molecule has 1 nitrogen and oxygen atoms in total. The number of hydrogen-bond donors (Lipinski definition) is 0. The Bertz CT molecular complexity index is 316. The van der Waals surface area contributed by atoms with Gasteiger partial charge in [0.25, 0.3) is 5.24 Å². The average molecular weight is 225 g/mol. The largest absolute Gasteiger partial charge is 0.276 e. The van der Waals surface area contributed by atoms with Crippen LogP contribution in [-0.2, 0) is 0 Å². The molecule has 0 N–H and O–H groups in total. The molecule has 5 heteroatoms. The van der Waals surface area contributed by atoms with E-state index in [0.29, 0.717) is 4.90 Å². The first-order valence-corrected chi connectivity index (χ1v) is 4.95. The number of carbonyl (C=O) groups is 1. The topological polar surface area (TPSA) is 17.1 Å². The van der Waals surface area contributed by atoms with Crippen molar-refractivity contribution in [3.63, 3.8) is 0 Å². The molecule has 0 heterocycles. The first-order chi connectivity index (χ1) is 5.65. The van der Waals surface area contributed by atoms with Crippen molar-refractivity contribution >= 4 is 38.5 Å². The van der Waals surface area contributed by atoms with Gasteiger partial charge in [0, 0.05) is 4.90 Å². The van der Waals surface area contributed by atoms with E-state index in [1.54, 1.807) is 0 Å². The molecule has 0 atom stereocenters. The molecule has 0 aliphatic carbocycles. The highest BCUT2D eigenvalue weighted by Gasteiger charge is 2.09. The molecular weight excluding hydrogens is 222 g/mol. The second-order valence-corrected chi connectivity index (χ2v) is 3.39. The predicted molar refractivity (Wildman–Crippen MR) is 48.3 cm³/mol. The second-order valence-electron chi connectivity index (χ2n) is 1.99. The standard InChI is InChI=1S/C7H3Cl2FOS/c8-7(11)5-3-4(10)1-2-6(5)12-9/h1-3H. The zero-order chi connectivity index (χ0) is 9.14. The van der Waals surface area contributed by atoms with E-state index in [4.69, 9.17) is 22.3 Å². The van der Waals surface area contributed by atoms with Crippen molar-refractivity contribution in [1.82, 2.24) is 0 Å². The van der Waals surface area contributed by atoms with Crippen molar-refractivity contribution in [1.29, 1.82) is 0 Å². The lowest BCUT2D eigenvalue weighted by atomic mass is 10.2. The molecule has 1 rings (SSSR count). The lowest BCUT2D eigenvalue weighted by Crippen LogP contribution is -1.92. The lowest BCUT2D eigenvalue weighted by Gasteiger charge is -1.99. The average Bonchev–Trinajstić information content (AvgIpc) is 2.04. The molecular formula is C7H3Cl2FOS. The van der Waals surface area contributed by atoms with Crippen molar-refractivity contribution in [3.8, 4) is 0 Å². The molecule has 0 aliphatic heterocycles. The van der Waals surface area contributed by atoms with Gasteiger partial charge in [-0.2, -0.15) is 0 Å². The summed E-state index contributed by atoms with van der Waals surface area (Å²) in [5.74, 6) is -0.506. The molecule has 0 aliphatic rings. The van der Waals surface area contributed by atoms with Gasteiger partial charge in [0.2, 0.25) is 0 Å². The number of rotatable bonds is 2. The molecule has 0 aromatic heterocycles. The highest BCUT2D eigenvalue weighted by atomic mass is 35.7. The molecule has 64 valence electrons. The summed E-state index contributed by atoms with van der Waals surface area (Å²) in [6.45, 7) is 0. The quantitative estimate of drug-likeness (QED) is 0.717. The SMILES string of the molecule is O=C(Cl)c1cc(F)ccc1SCl. The predicted octanol–water partition coefficient (Wildman–Crippen LogP) is 3.45. The first kappa shape index (κ1) is 9.84. The minimum Gasteiger partial charge on any atom is -0.276 e. The van der Waals surface area contributed by atoms with Crippen LogP contribution in [0.1, 0.15) is 10.4 Å². The molecule has 0 bridgehead atoms. The maximum absolute atomic E-state index is 12.6. The smallest absolute Gasteiger partial charge is 0.253 e. The van der Waals surface area contributed by atoms with Gasteiger partial charge < -0.3 is 0 Å². The molecule has 12 heavy (non-hydrogen) atoms. The van der Waals surface area contributed by atoms with Crippen LogP contribution in [0.3, 0.4) is 0 Å². The normalized spacial score (nSPS) is 9.92. The number of carbonyl (C=O) groups excluding carboxylic acids is 1. The van der Waals surface area contributed by atoms with Crippen LogP contribution < -0.4 is 0 Å². The molecule has 0 saturated heterocycles. The Morgan fingerprint density at radius 3 is 2.67 bits per heavy atom. The molecule has 0 unspecified atom stereocenters. The van der Waals surface area contributed by atoms with E-state index >= 15 is 0 Å².